The molecule has 6 atom stereocenters. The quantitative estimate of drug-likeness (QED) is 0.807. The van der Waals surface area contributed by atoms with E-state index in [4.69, 9.17) is 26.3 Å². The monoisotopic (exact) mass is 378 g/mol. The molecule has 4 heterocycles. The Balaban J connectivity index is 1.64. The average Bonchev–Trinajstić information content (AvgIpc) is 3.11. The molecule has 1 aromatic carbocycles. The van der Waals surface area contributed by atoms with Gasteiger partial charge in [0, 0.05) is 12.8 Å². The Morgan fingerprint density at radius 1 is 1.50 bits per heavy atom. The first-order valence-electron chi connectivity index (χ1n) is 8.54. The van der Waals surface area contributed by atoms with E-state index in [1.807, 2.05) is 6.92 Å². The summed E-state index contributed by atoms with van der Waals surface area (Å²) in [7, 11) is 0. The van der Waals surface area contributed by atoms with Crippen LogP contribution in [-0.2, 0) is 14.3 Å². The highest BCUT2D eigenvalue weighted by Gasteiger charge is 2.78. The number of carbonyl (C=O) groups is 1. The first kappa shape index (κ1) is 16.5. The molecule has 4 saturated heterocycles. The van der Waals surface area contributed by atoms with Crippen LogP contribution in [-0.4, -0.2) is 41.2 Å². The molecule has 8 heteroatoms. The van der Waals surface area contributed by atoms with Crippen LogP contribution in [0.4, 0.5) is 10.1 Å². The summed E-state index contributed by atoms with van der Waals surface area (Å²) < 4.78 is 26.4. The van der Waals surface area contributed by atoms with Gasteiger partial charge in [0.2, 0.25) is 5.91 Å². The number of hydrogen-bond donors (Lipinski definition) is 1. The fourth-order valence-electron chi connectivity index (χ4n) is 5.48. The maximum absolute atomic E-state index is 14.3. The number of nitriles is 1. The van der Waals surface area contributed by atoms with Gasteiger partial charge in [0.1, 0.15) is 29.3 Å². The van der Waals surface area contributed by atoms with Crippen LogP contribution in [0.5, 0.6) is 0 Å². The van der Waals surface area contributed by atoms with Gasteiger partial charge in [-0.25, -0.2) is 4.39 Å². The highest BCUT2D eigenvalue weighted by Crippen LogP contribution is 2.65. The second-order valence-electron chi connectivity index (χ2n) is 7.71. The number of benzene rings is 1. The molecule has 0 aromatic heterocycles. The second kappa shape index (κ2) is 4.96. The van der Waals surface area contributed by atoms with Crippen LogP contribution in [0, 0.1) is 29.0 Å². The Morgan fingerprint density at radius 3 is 2.96 bits per heavy atom. The molecule has 1 aromatic rings. The number of fused-ring (bicyclic) bond motifs is 2. The van der Waals surface area contributed by atoms with Gasteiger partial charge in [-0.3, -0.25) is 9.69 Å². The van der Waals surface area contributed by atoms with Crippen molar-refractivity contribution in [3.05, 3.63) is 28.5 Å². The van der Waals surface area contributed by atoms with Crippen molar-refractivity contribution in [1.82, 2.24) is 0 Å². The van der Waals surface area contributed by atoms with Gasteiger partial charge in [-0.2, -0.15) is 5.26 Å². The standard InChI is InChI=1S/C18H16ClFN2O4/c1-17-6-12(23)18(26-17)2-3-25-16-14(18)13(17)15(24)22(16)8-4-10(19)9(7-21)11(20)5-8/h4-5,12-14,16,23H,2-3,6H2,1H3/t12-,13+,14-,16-,17+,18-/m0/s1. The van der Waals surface area contributed by atoms with Crippen LogP contribution in [0.2, 0.25) is 5.02 Å². The molecule has 1 amide bonds. The number of anilines is 1. The summed E-state index contributed by atoms with van der Waals surface area (Å²) in [5.41, 5.74) is -1.57. The van der Waals surface area contributed by atoms with E-state index in [1.54, 1.807) is 6.07 Å². The van der Waals surface area contributed by atoms with Crippen LogP contribution in [0.25, 0.3) is 0 Å². The lowest BCUT2D eigenvalue weighted by Gasteiger charge is -2.43. The minimum absolute atomic E-state index is 0.0525. The predicted octanol–water partition coefficient (Wildman–Crippen LogP) is 1.97. The Hall–Kier alpha value is -1.72. The molecule has 136 valence electrons. The van der Waals surface area contributed by atoms with Gasteiger partial charge in [0.05, 0.1) is 40.9 Å². The molecular formula is C18H16ClFN2O4. The van der Waals surface area contributed by atoms with Gasteiger partial charge in [-0.1, -0.05) is 11.6 Å². The van der Waals surface area contributed by atoms with Crippen LogP contribution in [0.15, 0.2) is 12.1 Å². The maximum Gasteiger partial charge on any atom is 0.235 e. The maximum atomic E-state index is 14.3. The number of ether oxygens (including phenoxy) is 2. The largest absolute Gasteiger partial charge is 0.390 e. The zero-order chi connectivity index (χ0) is 18.4. The van der Waals surface area contributed by atoms with Gasteiger partial charge in [0.15, 0.2) is 0 Å². The number of rotatable bonds is 1. The predicted molar refractivity (Wildman–Crippen MR) is 87.8 cm³/mol. The van der Waals surface area contributed by atoms with Crippen LogP contribution >= 0.6 is 11.6 Å². The van der Waals surface area contributed by atoms with E-state index in [-0.39, 0.29) is 28.1 Å². The lowest BCUT2D eigenvalue weighted by Crippen LogP contribution is -2.56. The molecule has 1 N–H and O–H groups in total. The van der Waals surface area contributed by atoms with Crippen LogP contribution in [0.3, 0.4) is 0 Å². The molecule has 0 unspecified atom stereocenters. The van der Waals surface area contributed by atoms with E-state index in [0.29, 0.717) is 19.4 Å². The molecule has 5 rings (SSSR count). The van der Waals surface area contributed by atoms with Crippen LogP contribution in [0.1, 0.15) is 25.3 Å². The van der Waals surface area contributed by atoms with Gasteiger partial charge in [0.25, 0.3) is 0 Å². The van der Waals surface area contributed by atoms with Crippen molar-refractivity contribution in [2.24, 2.45) is 11.8 Å². The lowest BCUT2D eigenvalue weighted by molar-refractivity contribution is -0.163. The number of nitrogens with zero attached hydrogens (tertiary/aromatic N) is 2. The Labute approximate surface area is 154 Å². The normalized spacial score (nSPS) is 42.9. The number of amides is 1. The number of aliphatic hydroxyl groups excluding tert-OH is 1. The zero-order valence-electron chi connectivity index (χ0n) is 13.9. The number of aliphatic hydroxyl groups is 1. The molecule has 2 bridgehead atoms. The van der Waals surface area contributed by atoms with Crippen molar-refractivity contribution >= 4 is 23.2 Å². The summed E-state index contributed by atoms with van der Waals surface area (Å²) in [6, 6.07) is 4.26. The molecule has 1 spiro atoms. The van der Waals surface area contributed by atoms with Crippen molar-refractivity contribution in [2.75, 3.05) is 11.5 Å². The highest BCUT2D eigenvalue weighted by molar-refractivity contribution is 6.32. The zero-order valence-corrected chi connectivity index (χ0v) is 14.7. The fraction of sp³-hybridized carbons (Fsp3) is 0.556. The van der Waals surface area contributed by atoms with Crippen LogP contribution < -0.4 is 4.90 Å². The summed E-state index contributed by atoms with van der Waals surface area (Å²) in [4.78, 5) is 14.7. The molecule has 26 heavy (non-hydrogen) atoms. The van der Waals surface area contributed by atoms with E-state index in [1.165, 1.54) is 11.0 Å². The van der Waals surface area contributed by atoms with Crippen molar-refractivity contribution in [2.45, 2.75) is 43.3 Å². The number of carbonyl (C=O) groups excluding carboxylic acids is 1. The van der Waals surface area contributed by atoms with E-state index in [9.17, 15) is 14.3 Å². The number of halogens is 2. The summed E-state index contributed by atoms with van der Waals surface area (Å²) in [6.07, 6.45) is -0.399. The molecule has 0 saturated carbocycles. The molecule has 4 aliphatic heterocycles. The van der Waals surface area contributed by atoms with Gasteiger partial charge < -0.3 is 14.6 Å². The SMILES string of the molecule is C[C@@]12C[C@H](O)[C@]3(CCO[C@H]4[C@@H]3[C@@H]1C(=O)N4c1cc(F)c(C#N)c(Cl)c1)O2. The van der Waals surface area contributed by atoms with E-state index in [0.717, 1.165) is 6.07 Å². The fourth-order valence-corrected chi connectivity index (χ4v) is 5.73. The van der Waals surface area contributed by atoms with E-state index >= 15 is 0 Å². The van der Waals surface area contributed by atoms with E-state index < -0.39 is 35.3 Å². The first-order valence-corrected chi connectivity index (χ1v) is 8.92. The Morgan fingerprint density at radius 2 is 2.27 bits per heavy atom. The van der Waals surface area contributed by atoms with Crippen molar-refractivity contribution in [3.63, 3.8) is 0 Å². The minimum atomic E-state index is -0.804. The average molecular weight is 379 g/mol. The third kappa shape index (κ3) is 1.73. The minimum Gasteiger partial charge on any atom is -0.390 e. The highest BCUT2D eigenvalue weighted by atomic mass is 35.5. The molecule has 4 fully saturated rings. The molecule has 6 nitrogen and oxygen atoms in total. The van der Waals surface area contributed by atoms with Crippen molar-refractivity contribution in [3.8, 4) is 6.07 Å². The number of hydrogen-bond acceptors (Lipinski definition) is 5. The van der Waals surface area contributed by atoms with Gasteiger partial charge in [-0.05, 0) is 19.1 Å². The lowest BCUT2D eigenvalue weighted by atomic mass is 9.65. The third-order valence-corrected chi connectivity index (χ3v) is 6.73. The smallest absolute Gasteiger partial charge is 0.235 e. The third-order valence-electron chi connectivity index (χ3n) is 6.43. The van der Waals surface area contributed by atoms with Crippen molar-refractivity contribution < 1.29 is 23.8 Å². The molecule has 0 radical (unpaired) electrons. The summed E-state index contributed by atoms with van der Waals surface area (Å²) in [6.45, 7) is 2.18. The first-order chi connectivity index (χ1) is 12.3. The summed E-state index contributed by atoms with van der Waals surface area (Å²) >= 11 is 6.03. The van der Waals surface area contributed by atoms with Gasteiger partial charge >= 0.3 is 0 Å². The van der Waals surface area contributed by atoms with Gasteiger partial charge in [-0.15, -0.1) is 0 Å². The molecule has 0 aliphatic carbocycles. The van der Waals surface area contributed by atoms with Crippen molar-refractivity contribution in [1.29, 1.82) is 5.26 Å². The second-order valence-corrected chi connectivity index (χ2v) is 8.12. The Kier molecular flexibility index (Phi) is 3.14. The Bertz CT molecular complexity index is 865. The molecule has 4 aliphatic rings. The van der Waals surface area contributed by atoms with E-state index in [2.05, 4.69) is 0 Å². The summed E-state index contributed by atoms with van der Waals surface area (Å²) in [5, 5.41) is 19.6. The molecular weight excluding hydrogens is 363 g/mol. The summed E-state index contributed by atoms with van der Waals surface area (Å²) in [5.74, 6) is -1.79. The topological polar surface area (TPSA) is 82.8 Å².